The van der Waals surface area contributed by atoms with Crippen LogP contribution < -0.4 is 4.31 Å². The molecule has 1 aliphatic rings. The Balaban J connectivity index is 2.08. The Morgan fingerprint density at radius 1 is 1.09 bits per heavy atom. The van der Waals surface area contributed by atoms with Gasteiger partial charge < -0.3 is 5.11 Å². The van der Waals surface area contributed by atoms with Crippen LogP contribution in [0.1, 0.15) is 17.9 Å². The third kappa shape index (κ3) is 5.20. The van der Waals surface area contributed by atoms with E-state index in [1.807, 2.05) is 0 Å². The molecule has 1 aliphatic heterocycles. The van der Waals surface area contributed by atoms with Crippen molar-refractivity contribution in [2.45, 2.75) is 40.5 Å². The van der Waals surface area contributed by atoms with E-state index in [-0.39, 0.29) is 21.2 Å². The molecule has 32 heavy (non-hydrogen) atoms. The molecule has 4 nitrogen and oxygen atoms in total. The molecule has 174 valence electrons. The number of rotatable bonds is 5. The molecule has 0 bridgehead atoms. The number of alkyl halides is 6. The first-order chi connectivity index (χ1) is 14.8. The van der Waals surface area contributed by atoms with E-state index in [4.69, 9.17) is 0 Å². The second-order valence-corrected chi connectivity index (χ2v) is 9.26. The van der Waals surface area contributed by atoms with E-state index >= 15 is 0 Å². The number of benzene rings is 2. The zero-order chi connectivity index (χ0) is 23.8. The lowest BCUT2D eigenvalue weighted by atomic mass is 9.97. The molecule has 0 aliphatic carbocycles. The number of anilines is 1. The van der Waals surface area contributed by atoms with Crippen molar-refractivity contribution < 1.29 is 44.8 Å². The highest BCUT2D eigenvalue weighted by molar-refractivity contribution is 7.99. The Morgan fingerprint density at radius 2 is 1.69 bits per heavy atom. The van der Waals surface area contributed by atoms with E-state index in [0.29, 0.717) is 6.07 Å². The third-order valence-electron chi connectivity index (χ3n) is 4.58. The minimum absolute atomic E-state index is 0.00176. The fourth-order valence-corrected chi connectivity index (χ4v) is 5.93. The molecule has 3 rings (SSSR count). The Morgan fingerprint density at radius 3 is 2.22 bits per heavy atom. The van der Waals surface area contributed by atoms with Gasteiger partial charge in [-0.05, 0) is 42.0 Å². The molecule has 0 fully saturated rings. The number of nitrogens with zero attached hydrogens (tertiary/aromatic N) is 1. The first-order valence-electron chi connectivity index (χ1n) is 8.87. The fourth-order valence-electron chi connectivity index (χ4n) is 3.25. The summed E-state index contributed by atoms with van der Waals surface area (Å²) in [5.74, 6) is -5.59. The van der Waals surface area contributed by atoms with E-state index in [0.717, 1.165) is 40.3 Å². The second kappa shape index (κ2) is 8.93. The lowest BCUT2D eigenvalue weighted by Gasteiger charge is -2.37. The third-order valence-corrected chi connectivity index (χ3v) is 7.29. The van der Waals surface area contributed by atoms with Crippen molar-refractivity contribution in [3.8, 4) is 0 Å². The Bertz CT molecular complexity index is 1010. The molecule has 0 spiro atoms. The van der Waals surface area contributed by atoms with Crippen molar-refractivity contribution >= 4 is 34.4 Å². The van der Waals surface area contributed by atoms with Crippen LogP contribution in [0, 0.1) is 5.82 Å². The molecule has 1 N–H and O–H groups in total. The molecule has 2 aromatic rings. The molecule has 13 heteroatoms. The van der Waals surface area contributed by atoms with Crippen LogP contribution in [0.3, 0.4) is 0 Å². The standard InChI is InChI=1S/C19H14F7NO3S2/c20-11-2-4-13(5-3-11)32(30)27-12(8-16(28)29)9-31-15-7-10(1-6-14(15)27)17(18(21,22)23)19(24,25)26/h1-7,12,17H,8-9H2,(H,28,29)/t12-,32?/m1/s1. The van der Waals surface area contributed by atoms with Crippen molar-refractivity contribution in [3.63, 3.8) is 0 Å². The average Bonchev–Trinajstić information content (AvgIpc) is 2.65. The average molecular weight is 501 g/mol. The summed E-state index contributed by atoms with van der Waals surface area (Å²) in [5.41, 5.74) is -0.998. The molecule has 2 aromatic carbocycles. The minimum Gasteiger partial charge on any atom is -0.481 e. The summed E-state index contributed by atoms with van der Waals surface area (Å²) in [5, 5.41) is 9.18. The van der Waals surface area contributed by atoms with Crippen molar-refractivity contribution in [1.29, 1.82) is 0 Å². The van der Waals surface area contributed by atoms with E-state index in [2.05, 4.69) is 0 Å². The van der Waals surface area contributed by atoms with Gasteiger partial charge in [0, 0.05) is 10.6 Å². The topological polar surface area (TPSA) is 57.6 Å². The molecule has 0 aromatic heterocycles. The van der Waals surface area contributed by atoms with Gasteiger partial charge in [-0.2, -0.15) is 26.3 Å². The molecule has 2 atom stereocenters. The van der Waals surface area contributed by atoms with Gasteiger partial charge in [0.25, 0.3) is 0 Å². The van der Waals surface area contributed by atoms with Gasteiger partial charge >= 0.3 is 18.3 Å². The van der Waals surface area contributed by atoms with Crippen molar-refractivity contribution in [3.05, 3.63) is 53.8 Å². The number of hydrogen-bond donors (Lipinski definition) is 1. The first-order valence-corrected chi connectivity index (χ1v) is 11.0. The SMILES string of the molecule is O=C(O)C[C@@H]1CSc2cc(C(C(F)(F)F)C(F)(F)F)ccc2N1S(=O)c1ccc(F)cc1. The van der Waals surface area contributed by atoms with Crippen LogP contribution in [0.2, 0.25) is 0 Å². The number of carboxylic acids is 1. The van der Waals surface area contributed by atoms with E-state index < -0.39 is 59.1 Å². The zero-order valence-electron chi connectivity index (χ0n) is 15.8. The van der Waals surface area contributed by atoms with Crippen LogP contribution in [-0.4, -0.2) is 39.4 Å². The maximum absolute atomic E-state index is 13.2. The van der Waals surface area contributed by atoms with Gasteiger partial charge in [0.15, 0.2) is 16.9 Å². The van der Waals surface area contributed by atoms with Crippen LogP contribution in [0.4, 0.5) is 36.4 Å². The highest BCUT2D eigenvalue weighted by atomic mass is 32.2. The number of fused-ring (bicyclic) bond motifs is 1. The van der Waals surface area contributed by atoms with Crippen LogP contribution in [-0.2, 0) is 15.8 Å². The molecule has 1 unspecified atom stereocenters. The number of carbonyl (C=O) groups is 1. The summed E-state index contributed by atoms with van der Waals surface area (Å²) in [6.45, 7) is 0. The summed E-state index contributed by atoms with van der Waals surface area (Å²) < 4.78 is 106. The lowest BCUT2D eigenvalue weighted by Crippen LogP contribution is -2.42. The summed E-state index contributed by atoms with van der Waals surface area (Å²) in [7, 11) is -2.09. The van der Waals surface area contributed by atoms with Crippen LogP contribution in [0.5, 0.6) is 0 Å². The molecule has 1 heterocycles. The number of carboxylic acid groups (broad SMARTS) is 1. The van der Waals surface area contributed by atoms with Gasteiger partial charge in [-0.3, -0.25) is 9.10 Å². The van der Waals surface area contributed by atoms with Gasteiger partial charge in [0.05, 0.1) is 23.0 Å². The number of thioether (sulfide) groups is 1. The molecule has 0 saturated carbocycles. The zero-order valence-corrected chi connectivity index (χ0v) is 17.4. The molecule has 0 saturated heterocycles. The highest BCUT2D eigenvalue weighted by Crippen LogP contribution is 2.49. The monoisotopic (exact) mass is 501 g/mol. The summed E-state index contributed by atoms with van der Waals surface area (Å²) in [4.78, 5) is 11.3. The number of aliphatic carboxylic acids is 1. The van der Waals surface area contributed by atoms with E-state index in [9.17, 15) is 44.8 Å². The van der Waals surface area contributed by atoms with Gasteiger partial charge in [-0.15, -0.1) is 11.8 Å². The van der Waals surface area contributed by atoms with Crippen molar-refractivity contribution in [2.24, 2.45) is 0 Å². The Labute approximate surface area is 184 Å². The summed E-state index contributed by atoms with van der Waals surface area (Å²) in [6.07, 6.45) is -11.6. The predicted octanol–water partition coefficient (Wildman–Crippen LogP) is 5.51. The second-order valence-electron chi connectivity index (χ2n) is 6.83. The Kier molecular flexibility index (Phi) is 6.80. The smallest absolute Gasteiger partial charge is 0.404 e. The predicted molar refractivity (Wildman–Crippen MR) is 103 cm³/mol. The van der Waals surface area contributed by atoms with Crippen LogP contribution in [0.25, 0.3) is 0 Å². The molecular formula is C19H14F7NO3S2. The van der Waals surface area contributed by atoms with Gasteiger partial charge in [0.2, 0.25) is 0 Å². The van der Waals surface area contributed by atoms with Gasteiger partial charge in [-0.25, -0.2) is 8.60 Å². The largest absolute Gasteiger partial charge is 0.481 e. The first kappa shape index (κ1) is 24.4. The fraction of sp³-hybridized carbons (Fsp3) is 0.316. The normalized spacial score (nSPS) is 17.9. The van der Waals surface area contributed by atoms with E-state index in [1.54, 1.807) is 0 Å². The molecule has 0 amide bonds. The minimum atomic E-state index is -5.58. The quantitative estimate of drug-likeness (QED) is 0.549. The lowest BCUT2D eigenvalue weighted by molar-refractivity contribution is -0.253. The van der Waals surface area contributed by atoms with Crippen molar-refractivity contribution in [2.75, 3.05) is 10.1 Å². The molecule has 0 radical (unpaired) electrons. The van der Waals surface area contributed by atoms with E-state index in [1.165, 1.54) is 12.1 Å². The summed E-state index contributed by atoms with van der Waals surface area (Å²) >= 11 is 0.876. The maximum Gasteiger partial charge on any atom is 0.404 e. The van der Waals surface area contributed by atoms with Crippen LogP contribution >= 0.6 is 11.8 Å². The number of halogens is 7. The van der Waals surface area contributed by atoms with Gasteiger partial charge in [0.1, 0.15) is 5.82 Å². The van der Waals surface area contributed by atoms with Crippen molar-refractivity contribution in [1.82, 2.24) is 0 Å². The van der Waals surface area contributed by atoms with Crippen LogP contribution in [0.15, 0.2) is 52.3 Å². The molecular weight excluding hydrogens is 487 g/mol. The van der Waals surface area contributed by atoms with Gasteiger partial charge in [-0.1, -0.05) is 6.07 Å². The summed E-state index contributed by atoms with van der Waals surface area (Å²) in [6, 6.07) is 5.92. The Hall–Kier alpha value is -2.28. The highest BCUT2D eigenvalue weighted by Gasteiger charge is 2.57. The maximum atomic E-state index is 13.2. The number of hydrogen-bond acceptors (Lipinski definition) is 3.